The number of hydrogen-bond acceptors (Lipinski definition) is 6. The fourth-order valence-corrected chi connectivity index (χ4v) is 2.83. The minimum absolute atomic E-state index is 0. The lowest BCUT2D eigenvalue weighted by molar-refractivity contribution is -0.118. The summed E-state index contributed by atoms with van der Waals surface area (Å²) in [5.74, 6) is -0.331. The first-order valence-corrected chi connectivity index (χ1v) is 7.71. The molecule has 0 saturated heterocycles. The molecule has 6 nitrogen and oxygen atoms in total. The molecule has 0 spiro atoms. The van der Waals surface area contributed by atoms with Gasteiger partial charge in [0.25, 0.3) is 0 Å². The number of rotatable bonds is 6. The number of nitrogens with two attached hydrogens (primary N) is 1. The smallest absolute Gasteiger partial charge is 0.245 e. The van der Waals surface area contributed by atoms with Crippen molar-refractivity contribution >= 4 is 34.8 Å². The summed E-state index contributed by atoms with van der Waals surface area (Å²) < 4.78 is 4.86. The van der Waals surface area contributed by atoms with Crippen LogP contribution >= 0.6 is 23.7 Å². The fraction of sp³-hybridized carbons (Fsp3) is 0.400. The van der Waals surface area contributed by atoms with Crippen molar-refractivity contribution in [3.63, 3.8) is 0 Å². The van der Waals surface area contributed by atoms with Gasteiger partial charge < -0.3 is 10.5 Å². The van der Waals surface area contributed by atoms with Gasteiger partial charge in [0, 0.05) is 12.5 Å². The molecule has 1 amide bonds. The van der Waals surface area contributed by atoms with E-state index in [0.29, 0.717) is 5.13 Å². The minimum atomic E-state index is -0.723. The second kappa shape index (κ2) is 8.35. The van der Waals surface area contributed by atoms with Crippen molar-refractivity contribution in [1.82, 2.24) is 10.2 Å². The average Bonchev–Trinajstić information content (AvgIpc) is 2.97. The van der Waals surface area contributed by atoms with Gasteiger partial charge in [-0.05, 0) is 19.4 Å². The van der Waals surface area contributed by atoms with Crippen LogP contribution in [0.1, 0.15) is 24.4 Å². The number of benzene rings is 1. The minimum Gasteiger partial charge on any atom is -0.383 e. The molecule has 0 aliphatic rings. The molecule has 2 aromatic rings. The van der Waals surface area contributed by atoms with E-state index in [1.165, 1.54) is 18.4 Å². The van der Waals surface area contributed by atoms with Gasteiger partial charge in [-0.25, -0.2) is 0 Å². The van der Waals surface area contributed by atoms with Gasteiger partial charge in [0.1, 0.15) is 11.0 Å². The van der Waals surface area contributed by atoms with E-state index in [9.17, 15) is 4.79 Å². The first-order chi connectivity index (χ1) is 10.4. The quantitative estimate of drug-likeness (QED) is 0.828. The number of carbonyl (C=O) groups excluding carboxylic acids is 1. The Bertz CT molecular complexity index is 633. The number of carbonyl (C=O) groups is 1. The van der Waals surface area contributed by atoms with Gasteiger partial charge in [0.2, 0.25) is 11.0 Å². The Kier molecular flexibility index (Phi) is 7.08. The predicted molar refractivity (Wildman–Crippen MR) is 94.2 cm³/mol. The summed E-state index contributed by atoms with van der Waals surface area (Å²) in [7, 11) is 1.50. The molecular weight excluding hydrogens is 336 g/mol. The number of hydrogen-bond donors (Lipinski definition) is 2. The maximum Gasteiger partial charge on any atom is 0.245 e. The molecule has 23 heavy (non-hydrogen) atoms. The van der Waals surface area contributed by atoms with Crippen LogP contribution in [0, 0.1) is 0 Å². The number of methoxy groups -OCH3 is 1. The zero-order chi connectivity index (χ0) is 16.2. The summed E-state index contributed by atoms with van der Waals surface area (Å²) in [4.78, 5) is 11.9. The number of amides is 1. The zero-order valence-corrected chi connectivity index (χ0v) is 14.9. The van der Waals surface area contributed by atoms with Crippen molar-refractivity contribution < 1.29 is 9.53 Å². The normalized spacial score (nSPS) is 12.3. The molecule has 1 heterocycles. The van der Waals surface area contributed by atoms with Crippen LogP contribution in [0.3, 0.4) is 0 Å². The zero-order valence-electron chi connectivity index (χ0n) is 13.3. The molecule has 0 bridgehead atoms. The molecular formula is C15H21ClN4O2S. The lowest BCUT2D eigenvalue weighted by Crippen LogP contribution is -2.39. The maximum absolute atomic E-state index is 11.9. The lowest BCUT2D eigenvalue weighted by Gasteiger charge is -2.21. The van der Waals surface area contributed by atoms with Crippen molar-refractivity contribution in [2.75, 3.05) is 19.0 Å². The molecule has 0 aliphatic heterocycles. The Morgan fingerprint density at radius 3 is 2.61 bits per heavy atom. The number of halogens is 1. The molecule has 1 aromatic carbocycles. The van der Waals surface area contributed by atoms with Gasteiger partial charge in [0.05, 0.1) is 6.61 Å². The monoisotopic (exact) mass is 356 g/mol. The first kappa shape index (κ1) is 19.5. The van der Waals surface area contributed by atoms with E-state index in [2.05, 4.69) is 29.4 Å². The highest BCUT2D eigenvalue weighted by molar-refractivity contribution is 7.15. The van der Waals surface area contributed by atoms with Gasteiger partial charge in [-0.15, -0.1) is 22.6 Å². The highest BCUT2D eigenvalue weighted by Crippen LogP contribution is 2.34. The SMILES string of the molecule is COCC(N)C(=O)Nc1nnc(C(C)(C)c2ccccc2)s1.Cl. The first-order valence-electron chi connectivity index (χ1n) is 6.90. The topological polar surface area (TPSA) is 90.1 Å². The number of ether oxygens (including phenoxy) is 1. The van der Waals surface area contributed by atoms with Crippen LogP contribution in [0.25, 0.3) is 0 Å². The van der Waals surface area contributed by atoms with E-state index >= 15 is 0 Å². The number of nitrogens with one attached hydrogen (secondary N) is 1. The summed E-state index contributed by atoms with van der Waals surface area (Å²) in [6.07, 6.45) is 0. The maximum atomic E-state index is 11.9. The van der Waals surface area contributed by atoms with Crippen LogP contribution in [0.2, 0.25) is 0 Å². The van der Waals surface area contributed by atoms with Crippen LogP contribution in [0.4, 0.5) is 5.13 Å². The molecule has 1 unspecified atom stereocenters. The Morgan fingerprint density at radius 1 is 1.35 bits per heavy atom. The molecule has 0 fully saturated rings. The van der Waals surface area contributed by atoms with E-state index in [1.54, 1.807) is 0 Å². The van der Waals surface area contributed by atoms with Gasteiger partial charge in [-0.3, -0.25) is 10.1 Å². The number of nitrogens with zero attached hydrogens (tertiary/aromatic N) is 2. The standard InChI is InChI=1S/C15H20N4O2S.ClH/c1-15(2,10-7-5-4-6-8-10)13-18-19-14(22-13)17-12(20)11(16)9-21-3;/h4-8,11H,9,16H2,1-3H3,(H,17,19,20);1H. The molecule has 0 radical (unpaired) electrons. The summed E-state index contributed by atoms with van der Waals surface area (Å²) in [6, 6.07) is 9.33. The van der Waals surface area contributed by atoms with Crippen LogP contribution in [0.15, 0.2) is 30.3 Å². The van der Waals surface area contributed by atoms with Gasteiger partial charge in [-0.2, -0.15) is 0 Å². The highest BCUT2D eigenvalue weighted by Gasteiger charge is 2.28. The molecule has 1 atom stereocenters. The molecule has 0 aliphatic carbocycles. The van der Waals surface area contributed by atoms with Crippen LogP contribution in [-0.2, 0) is 14.9 Å². The molecule has 3 N–H and O–H groups in total. The summed E-state index contributed by atoms with van der Waals surface area (Å²) >= 11 is 1.35. The van der Waals surface area contributed by atoms with E-state index in [-0.39, 0.29) is 30.3 Å². The van der Waals surface area contributed by atoms with Gasteiger partial charge in [0.15, 0.2) is 0 Å². The van der Waals surface area contributed by atoms with Crippen molar-refractivity contribution in [2.24, 2.45) is 5.73 Å². The largest absolute Gasteiger partial charge is 0.383 e. The number of anilines is 1. The van der Waals surface area contributed by atoms with Crippen molar-refractivity contribution in [3.8, 4) is 0 Å². The van der Waals surface area contributed by atoms with E-state index in [0.717, 1.165) is 10.6 Å². The summed E-state index contributed by atoms with van der Waals surface area (Å²) in [5.41, 5.74) is 6.54. The highest BCUT2D eigenvalue weighted by atomic mass is 35.5. The lowest BCUT2D eigenvalue weighted by atomic mass is 9.85. The van der Waals surface area contributed by atoms with Crippen molar-refractivity contribution in [3.05, 3.63) is 40.9 Å². The second-order valence-electron chi connectivity index (χ2n) is 5.45. The Balaban J connectivity index is 0.00000264. The molecule has 1 aromatic heterocycles. The Labute approximate surface area is 145 Å². The molecule has 2 rings (SSSR count). The van der Waals surface area contributed by atoms with E-state index in [1.807, 2.05) is 30.3 Å². The Hall–Kier alpha value is -1.54. The third-order valence-electron chi connectivity index (χ3n) is 3.37. The van der Waals surface area contributed by atoms with Crippen LogP contribution in [-0.4, -0.2) is 35.9 Å². The second-order valence-corrected chi connectivity index (χ2v) is 6.43. The third kappa shape index (κ3) is 4.71. The van der Waals surface area contributed by atoms with Crippen LogP contribution in [0.5, 0.6) is 0 Å². The number of aromatic nitrogens is 2. The van der Waals surface area contributed by atoms with Gasteiger partial charge in [-0.1, -0.05) is 41.7 Å². The van der Waals surface area contributed by atoms with E-state index in [4.69, 9.17) is 10.5 Å². The van der Waals surface area contributed by atoms with Crippen molar-refractivity contribution in [1.29, 1.82) is 0 Å². The molecule has 0 saturated carbocycles. The van der Waals surface area contributed by atoms with Crippen LogP contribution < -0.4 is 11.1 Å². The summed E-state index contributed by atoms with van der Waals surface area (Å²) in [6.45, 7) is 4.31. The van der Waals surface area contributed by atoms with Gasteiger partial charge >= 0.3 is 0 Å². The summed E-state index contributed by atoms with van der Waals surface area (Å²) in [5, 5.41) is 12.2. The fourth-order valence-electron chi connectivity index (χ4n) is 1.96. The molecule has 126 valence electrons. The van der Waals surface area contributed by atoms with E-state index < -0.39 is 6.04 Å². The molecule has 8 heteroatoms. The predicted octanol–water partition coefficient (Wildman–Crippen LogP) is 2.20. The Morgan fingerprint density at radius 2 is 2.00 bits per heavy atom. The van der Waals surface area contributed by atoms with Crippen molar-refractivity contribution in [2.45, 2.75) is 25.3 Å². The average molecular weight is 357 g/mol. The third-order valence-corrected chi connectivity index (χ3v) is 4.53.